The molecule has 0 saturated heterocycles. The van der Waals surface area contributed by atoms with Gasteiger partial charge in [0.05, 0.1) is 5.69 Å². The zero-order valence-electron chi connectivity index (χ0n) is 20.5. The lowest BCUT2D eigenvalue weighted by Gasteiger charge is -2.25. The Morgan fingerprint density at radius 3 is 2.18 bits per heavy atom. The van der Waals surface area contributed by atoms with E-state index in [1.165, 1.54) is 55.8 Å². The van der Waals surface area contributed by atoms with Crippen LogP contribution < -0.4 is 14.2 Å². The number of pyridine rings is 2. The van der Waals surface area contributed by atoms with E-state index in [9.17, 15) is 32.3 Å². The van der Waals surface area contributed by atoms with Gasteiger partial charge in [0.2, 0.25) is 0 Å². The molecular formula is C28H23F5N2O4. The van der Waals surface area contributed by atoms with E-state index >= 15 is 0 Å². The molecule has 0 aliphatic heterocycles. The van der Waals surface area contributed by atoms with E-state index in [1.807, 2.05) is 0 Å². The maximum atomic E-state index is 13.8. The van der Waals surface area contributed by atoms with Crippen molar-refractivity contribution in [1.29, 1.82) is 0 Å². The van der Waals surface area contributed by atoms with Crippen LogP contribution in [0.5, 0.6) is 11.5 Å². The zero-order chi connectivity index (χ0) is 28.2. The largest absolute Gasteiger partial charge is 0.619 e. The third-order valence-electron chi connectivity index (χ3n) is 6.19. The molecule has 4 aromatic rings. The summed E-state index contributed by atoms with van der Waals surface area (Å²) in [5, 5.41) is 22.6. The van der Waals surface area contributed by atoms with E-state index in [2.05, 4.69) is 14.5 Å². The minimum absolute atomic E-state index is 0.227. The second-order valence-corrected chi connectivity index (χ2v) is 8.85. The van der Waals surface area contributed by atoms with E-state index in [0.717, 1.165) is 6.07 Å². The highest BCUT2D eigenvalue weighted by molar-refractivity contribution is 5.47. The molecule has 0 fully saturated rings. The van der Waals surface area contributed by atoms with Crippen molar-refractivity contribution in [1.82, 2.24) is 4.98 Å². The molecule has 2 aromatic heterocycles. The second kappa shape index (κ2) is 11.6. The number of hydrogen-bond donors (Lipinski definition) is 1. The van der Waals surface area contributed by atoms with Crippen molar-refractivity contribution in [3.63, 3.8) is 0 Å². The van der Waals surface area contributed by atoms with Crippen molar-refractivity contribution in [3.8, 4) is 11.5 Å². The normalized spacial score (nSPS) is 13.8. The van der Waals surface area contributed by atoms with Gasteiger partial charge in [-0.3, -0.25) is 4.98 Å². The Labute approximate surface area is 220 Å². The fourth-order valence-electron chi connectivity index (χ4n) is 4.20. The molecule has 39 heavy (non-hydrogen) atoms. The molecule has 0 bridgehead atoms. The van der Waals surface area contributed by atoms with Crippen molar-refractivity contribution in [3.05, 3.63) is 124 Å². The lowest BCUT2D eigenvalue weighted by atomic mass is 9.85. The predicted octanol–water partition coefficient (Wildman–Crippen LogP) is 5.69. The quantitative estimate of drug-likeness (QED) is 0.157. The molecule has 204 valence electrons. The smallest absolute Gasteiger partial charge is 0.387 e. The average Bonchev–Trinajstić information content (AvgIpc) is 2.89. The summed E-state index contributed by atoms with van der Waals surface area (Å²) in [5.41, 5.74) is 0.607. The molecule has 2 heterocycles. The molecule has 11 heteroatoms. The molecule has 0 saturated carbocycles. The molecule has 0 aliphatic carbocycles. The number of aliphatic hydroxyl groups is 1. The fraction of sp³-hybridized carbons (Fsp3) is 0.214. The maximum absolute atomic E-state index is 13.8. The van der Waals surface area contributed by atoms with Crippen LogP contribution in [0, 0.1) is 11.0 Å². The van der Waals surface area contributed by atoms with Crippen LogP contribution in [-0.2, 0) is 12.0 Å². The Hall–Kier alpha value is -4.25. The minimum Gasteiger partial charge on any atom is -0.619 e. The zero-order valence-corrected chi connectivity index (χ0v) is 20.5. The highest BCUT2D eigenvalue weighted by Crippen LogP contribution is 2.37. The standard InChI is InChI=1S/C28H23F5N2O4/c1-28(36,20-3-2-4-21(29)15-20)25-8-6-19(16-34-25)22(13-17-9-11-35(37)12-10-17)18-5-7-23(38-26(30)31)24(14-18)39-27(32)33/h2-12,14-16,22,26-27,36H,13H2,1H3. The van der Waals surface area contributed by atoms with Crippen molar-refractivity contribution in [2.45, 2.75) is 38.1 Å². The highest BCUT2D eigenvalue weighted by Gasteiger charge is 2.28. The van der Waals surface area contributed by atoms with Gasteiger partial charge in [0, 0.05) is 24.2 Å². The summed E-state index contributed by atoms with van der Waals surface area (Å²) in [5.74, 6) is -2.21. The van der Waals surface area contributed by atoms with Crippen molar-refractivity contribution >= 4 is 0 Å². The third-order valence-corrected chi connectivity index (χ3v) is 6.19. The SMILES string of the molecule is CC(O)(c1cccc(F)c1)c1ccc(C(Cc2cc[n+]([O-])cc2)c2ccc(OC(F)F)c(OC(F)F)c2)cn1. The maximum Gasteiger partial charge on any atom is 0.387 e. The average molecular weight is 546 g/mol. The van der Waals surface area contributed by atoms with Gasteiger partial charge in [0.15, 0.2) is 23.9 Å². The molecular weight excluding hydrogens is 523 g/mol. The molecule has 2 aromatic carbocycles. The predicted molar refractivity (Wildman–Crippen MR) is 130 cm³/mol. The molecule has 4 rings (SSSR count). The summed E-state index contributed by atoms with van der Waals surface area (Å²) in [6.07, 6.45) is 4.34. The summed E-state index contributed by atoms with van der Waals surface area (Å²) in [6.45, 7) is -5.07. The van der Waals surface area contributed by atoms with Gasteiger partial charge in [-0.25, -0.2) is 4.39 Å². The summed E-state index contributed by atoms with van der Waals surface area (Å²) < 4.78 is 74.9. The van der Waals surface area contributed by atoms with Crippen LogP contribution in [-0.4, -0.2) is 23.3 Å². The Kier molecular flexibility index (Phi) is 8.29. The van der Waals surface area contributed by atoms with Gasteiger partial charge in [-0.15, -0.1) is 0 Å². The van der Waals surface area contributed by atoms with Crippen molar-refractivity contribution < 1.29 is 41.3 Å². The summed E-state index contributed by atoms with van der Waals surface area (Å²) >= 11 is 0. The van der Waals surface area contributed by atoms with Crippen LogP contribution in [0.3, 0.4) is 0 Å². The van der Waals surface area contributed by atoms with Gasteiger partial charge < -0.3 is 19.8 Å². The summed E-state index contributed by atoms with van der Waals surface area (Å²) in [7, 11) is 0. The Balaban J connectivity index is 1.74. The monoisotopic (exact) mass is 546 g/mol. The van der Waals surface area contributed by atoms with E-state index in [1.54, 1.807) is 30.3 Å². The first-order valence-electron chi connectivity index (χ1n) is 11.7. The van der Waals surface area contributed by atoms with Crippen LogP contribution in [0.4, 0.5) is 22.0 Å². The van der Waals surface area contributed by atoms with Crippen LogP contribution in [0.25, 0.3) is 0 Å². The highest BCUT2D eigenvalue weighted by atomic mass is 19.3. The Bertz CT molecular complexity index is 1400. The molecule has 0 amide bonds. The molecule has 1 N–H and O–H groups in total. The van der Waals surface area contributed by atoms with Gasteiger partial charge >= 0.3 is 13.2 Å². The van der Waals surface area contributed by atoms with E-state index in [0.29, 0.717) is 21.4 Å². The van der Waals surface area contributed by atoms with Crippen molar-refractivity contribution in [2.75, 3.05) is 0 Å². The van der Waals surface area contributed by atoms with E-state index in [-0.39, 0.29) is 17.7 Å². The number of aromatic nitrogens is 2. The first-order valence-corrected chi connectivity index (χ1v) is 11.7. The summed E-state index contributed by atoms with van der Waals surface area (Å²) in [6, 6.07) is 15.6. The van der Waals surface area contributed by atoms with E-state index in [4.69, 9.17) is 0 Å². The first-order chi connectivity index (χ1) is 18.5. The number of ether oxygens (including phenoxy) is 2. The molecule has 0 radical (unpaired) electrons. The fourth-order valence-corrected chi connectivity index (χ4v) is 4.20. The van der Waals surface area contributed by atoms with Crippen LogP contribution in [0.2, 0.25) is 0 Å². The number of nitrogens with zero attached hydrogens (tertiary/aromatic N) is 2. The molecule has 0 aliphatic rings. The molecule has 2 atom stereocenters. The van der Waals surface area contributed by atoms with Crippen LogP contribution in [0.15, 0.2) is 85.3 Å². The Morgan fingerprint density at radius 1 is 0.897 bits per heavy atom. The lowest BCUT2D eigenvalue weighted by Crippen LogP contribution is -2.24. The van der Waals surface area contributed by atoms with Gasteiger partial charge in [-0.05, 0) is 65.9 Å². The topological polar surface area (TPSA) is 78.5 Å². The van der Waals surface area contributed by atoms with Gasteiger partial charge in [-0.1, -0.05) is 24.3 Å². The van der Waals surface area contributed by atoms with Gasteiger partial charge in [-0.2, -0.15) is 22.3 Å². The number of alkyl halides is 4. The van der Waals surface area contributed by atoms with Gasteiger partial charge in [0.25, 0.3) is 0 Å². The number of benzene rings is 2. The lowest BCUT2D eigenvalue weighted by molar-refractivity contribution is -0.605. The van der Waals surface area contributed by atoms with Crippen LogP contribution in [0.1, 0.15) is 40.8 Å². The third kappa shape index (κ3) is 6.80. The number of hydrogen-bond acceptors (Lipinski definition) is 5. The van der Waals surface area contributed by atoms with E-state index < -0.39 is 42.1 Å². The molecule has 2 unspecified atom stereocenters. The van der Waals surface area contributed by atoms with Gasteiger partial charge in [0.1, 0.15) is 11.4 Å². The second-order valence-electron chi connectivity index (χ2n) is 8.85. The Morgan fingerprint density at radius 2 is 1.56 bits per heavy atom. The number of halogens is 5. The molecule has 0 spiro atoms. The first kappa shape index (κ1) is 27.8. The van der Waals surface area contributed by atoms with Crippen LogP contribution >= 0.6 is 0 Å². The number of rotatable bonds is 10. The summed E-state index contributed by atoms with van der Waals surface area (Å²) in [4.78, 5) is 4.38. The minimum atomic E-state index is -3.29. The molecule has 6 nitrogen and oxygen atoms in total. The van der Waals surface area contributed by atoms with Crippen molar-refractivity contribution in [2.24, 2.45) is 0 Å².